The Morgan fingerprint density at radius 1 is 1.64 bits per heavy atom. The number of rotatable bonds is 2. The second kappa shape index (κ2) is 3.25. The average molecular weight is 150 g/mol. The molecule has 0 aliphatic carbocycles. The molecule has 0 aromatic carbocycles. The molecule has 0 radical (unpaired) electrons. The van der Waals surface area contributed by atoms with Crippen molar-refractivity contribution in [1.82, 2.24) is 4.98 Å². The first-order valence-corrected chi connectivity index (χ1v) is 3.37. The summed E-state index contributed by atoms with van der Waals surface area (Å²) in [5, 5.41) is 0. The quantitative estimate of drug-likeness (QED) is 0.628. The number of hydrogen-bond donors (Lipinski definition) is 1. The number of aldehydes is 1. The Morgan fingerprint density at radius 2 is 2.36 bits per heavy atom. The van der Waals surface area contributed by atoms with Crippen LogP contribution < -0.4 is 5.73 Å². The predicted octanol–water partition coefficient (Wildman–Crippen LogP) is 0.589. The molecule has 0 fully saturated rings. The maximum Gasteiger partial charge on any atom is 0.141 e. The second-order valence-corrected chi connectivity index (χ2v) is 2.39. The summed E-state index contributed by atoms with van der Waals surface area (Å²) >= 11 is 0. The number of aryl methyl sites for hydroxylation is 1. The van der Waals surface area contributed by atoms with Crippen LogP contribution in [0.1, 0.15) is 17.3 Å². The van der Waals surface area contributed by atoms with Crippen molar-refractivity contribution in [1.29, 1.82) is 0 Å². The Bertz CT molecular complexity index is 243. The summed E-state index contributed by atoms with van der Waals surface area (Å²) in [6.45, 7) is 1.89. The molecule has 58 valence electrons. The first-order chi connectivity index (χ1) is 5.24. The maximum atomic E-state index is 10.2. The van der Waals surface area contributed by atoms with Crippen LogP contribution >= 0.6 is 0 Å². The van der Waals surface area contributed by atoms with Crippen molar-refractivity contribution in [3.8, 4) is 0 Å². The van der Waals surface area contributed by atoms with Crippen LogP contribution in [0.25, 0.3) is 0 Å². The molecule has 2 N–H and O–H groups in total. The van der Waals surface area contributed by atoms with Gasteiger partial charge < -0.3 is 10.5 Å². The van der Waals surface area contributed by atoms with E-state index in [0.29, 0.717) is 6.29 Å². The van der Waals surface area contributed by atoms with E-state index in [9.17, 15) is 4.79 Å². The lowest BCUT2D eigenvalue weighted by atomic mass is 10.1. The van der Waals surface area contributed by atoms with Crippen LogP contribution in [0, 0.1) is 6.92 Å². The normalized spacial score (nSPS) is 12.5. The van der Waals surface area contributed by atoms with Crippen LogP contribution in [-0.2, 0) is 4.79 Å². The zero-order valence-corrected chi connectivity index (χ0v) is 6.32. The van der Waals surface area contributed by atoms with Gasteiger partial charge in [0.2, 0.25) is 0 Å². The molecule has 0 spiro atoms. The highest BCUT2D eigenvalue weighted by molar-refractivity contribution is 5.60. The smallest absolute Gasteiger partial charge is 0.141 e. The van der Waals surface area contributed by atoms with E-state index in [-0.39, 0.29) is 0 Å². The van der Waals surface area contributed by atoms with Crippen LogP contribution in [0.3, 0.4) is 0 Å². The van der Waals surface area contributed by atoms with Gasteiger partial charge in [0.25, 0.3) is 0 Å². The number of carbonyl (C=O) groups excluding carboxylic acids is 1. The van der Waals surface area contributed by atoms with Crippen LogP contribution in [-0.4, -0.2) is 11.3 Å². The molecule has 0 saturated heterocycles. The van der Waals surface area contributed by atoms with Gasteiger partial charge in [0.15, 0.2) is 0 Å². The monoisotopic (exact) mass is 150 g/mol. The van der Waals surface area contributed by atoms with Crippen molar-refractivity contribution in [3.63, 3.8) is 0 Å². The van der Waals surface area contributed by atoms with Crippen molar-refractivity contribution < 1.29 is 4.79 Å². The highest BCUT2D eigenvalue weighted by atomic mass is 16.1. The molecule has 0 amide bonds. The van der Waals surface area contributed by atoms with Gasteiger partial charge in [-0.15, -0.1) is 0 Å². The molecule has 11 heavy (non-hydrogen) atoms. The molecular formula is C8H10N2O. The molecule has 1 heterocycles. The summed E-state index contributed by atoms with van der Waals surface area (Å²) < 4.78 is 0. The van der Waals surface area contributed by atoms with E-state index in [2.05, 4.69) is 4.98 Å². The van der Waals surface area contributed by atoms with Crippen LogP contribution in [0.15, 0.2) is 18.3 Å². The molecule has 1 unspecified atom stereocenters. The van der Waals surface area contributed by atoms with Crippen molar-refractivity contribution in [2.24, 2.45) is 5.73 Å². The third-order valence-corrected chi connectivity index (χ3v) is 1.47. The van der Waals surface area contributed by atoms with E-state index >= 15 is 0 Å². The number of nitrogens with two attached hydrogens (primary N) is 1. The van der Waals surface area contributed by atoms with Gasteiger partial charge in [-0.05, 0) is 18.6 Å². The van der Waals surface area contributed by atoms with E-state index < -0.39 is 6.04 Å². The minimum absolute atomic E-state index is 0.539. The minimum atomic E-state index is -0.539. The van der Waals surface area contributed by atoms with Gasteiger partial charge in [0.05, 0.1) is 6.04 Å². The molecule has 0 bridgehead atoms. The topological polar surface area (TPSA) is 56.0 Å². The Morgan fingerprint density at radius 3 is 2.82 bits per heavy atom. The van der Waals surface area contributed by atoms with Crippen molar-refractivity contribution in [2.45, 2.75) is 13.0 Å². The molecule has 1 atom stereocenters. The highest BCUT2D eigenvalue weighted by Gasteiger charge is 2.02. The lowest BCUT2D eigenvalue weighted by molar-refractivity contribution is -0.109. The Hall–Kier alpha value is -1.22. The third-order valence-electron chi connectivity index (χ3n) is 1.47. The highest BCUT2D eigenvalue weighted by Crippen LogP contribution is 2.05. The average Bonchev–Trinajstić information content (AvgIpc) is 2.05. The predicted molar refractivity (Wildman–Crippen MR) is 42.0 cm³/mol. The molecule has 0 aliphatic heterocycles. The zero-order chi connectivity index (χ0) is 8.27. The van der Waals surface area contributed by atoms with Crippen LogP contribution in [0.4, 0.5) is 0 Å². The fourth-order valence-electron chi connectivity index (χ4n) is 0.755. The second-order valence-electron chi connectivity index (χ2n) is 2.39. The van der Waals surface area contributed by atoms with Crippen molar-refractivity contribution >= 4 is 6.29 Å². The van der Waals surface area contributed by atoms with Crippen LogP contribution in [0.2, 0.25) is 0 Å². The molecule has 1 rings (SSSR count). The Kier molecular flexibility index (Phi) is 2.33. The fourth-order valence-corrected chi connectivity index (χ4v) is 0.755. The van der Waals surface area contributed by atoms with Crippen molar-refractivity contribution in [2.75, 3.05) is 0 Å². The molecule has 0 aliphatic rings. The Balaban J connectivity index is 2.89. The van der Waals surface area contributed by atoms with E-state index in [1.165, 1.54) is 0 Å². The molecule has 1 aromatic rings. The standard InChI is InChI=1S/C8H10N2O/c1-6-2-3-7(4-10-6)8(9)5-11/h2-5,8H,9H2,1H3. The number of hydrogen-bond acceptors (Lipinski definition) is 3. The molecule has 0 saturated carbocycles. The van der Waals surface area contributed by atoms with E-state index in [1.54, 1.807) is 12.3 Å². The number of nitrogens with zero attached hydrogens (tertiary/aromatic N) is 1. The van der Waals surface area contributed by atoms with Gasteiger partial charge in [-0.2, -0.15) is 0 Å². The lowest BCUT2D eigenvalue weighted by Crippen LogP contribution is -2.11. The van der Waals surface area contributed by atoms with E-state index in [0.717, 1.165) is 11.3 Å². The van der Waals surface area contributed by atoms with Gasteiger partial charge in [-0.1, -0.05) is 6.07 Å². The largest absolute Gasteiger partial charge is 0.318 e. The third kappa shape index (κ3) is 1.85. The molecule has 1 aromatic heterocycles. The van der Waals surface area contributed by atoms with Crippen molar-refractivity contribution in [3.05, 3.63) is 29.6 Å². The first-order valence-electron chi connectivity index (χ1n) is 3.37. The maximum absolute atomic E-state index is 10.2. The summed E-state index contributed by atoms with van der Waals surface area (Å²) in [6.07, 6.45) is 2.32. The Labute approximate surface area is 65.2 Å². The van der Waals surface area contributed by atoms with E-state index in [4.69, 9.17) is 5.73 Å². The SMILES string of the molecule is Cc1ccc(C(N)C=O)cn1. The number of pyridine rings is 1. The molecular weight excluding hydrogens is 140 g/mol. The summed E-state index contributed by atoms with van der Waals surface area (Å²) in [7, 11) is 0. The van der Waals surface area contributed by atoms with Gasteiger partial charge in [-0.3, -0.25) is 4.98 Å². The minimum Gasteiger partial charge on any atom is -0.318 e. The lowest BCUT2D eigenvalue weighted by Gasteiger charge is -2.02. The van der Waals surface area contributed by atoms with Crippen LogP contribution in [0.5, 0.6) is 0 Å². The summed E-state index contributed by atoms with van der Waals surface area (Å²) in [6, 6.07) is 3.10. The zero-order valence-electron chi connectivity index (χ0n) is 6.32. The number of carbonyl (C=O) groups is 1. The summed E-state index contributed by atoms with van der Waals surface area (Å²) in [5.41, 5.74) is 7.11. The summed E-state index contributed by atoms with van der Waals surface area (Å²) in [5.74, 6) is 0. The molecule has 3 heteroatoms. The van der Waals surface area contributed by atoms with Gasteiger partial charge >= 0.3 is 0 Å². The number of aromatic nitrogens is 1. The molecule has 3 nitrogen and oxygen atoms in total. The van der Waals surface area contributed by atoms with Gasteiger partial charge in [0.1, 0.15) is 6.29 Å². The van der Waals surface area contributed by atoms with Gasteiger partial charge in [-0.25, -0.2) is 0 Å². The van der Waals surface area contributed by atoms with Gasteiger partial charge in [0, 0.05) is 11.9 Å². The fraction of sp³-hybridized carbons (Fsp3) is 0.250. The van der Waals surface area contributed by atoms with E-state index in [1.807, 2.05) is 13.0 Å². The first kappa shape index (κ1) is 7.88. The summed E-state index contributed by atoms with van der Waals surface area (Å²) in [4.78, 5) is 14.2.